The number of rotatable bonds is 5. The van der Waals surface area contributed by atoms with Gasteiger partial charge in [0.15, 0.2) is 11.5 Å². The summed E-state index contributed by atoms with van der Waals surface area (Å²) in [6, 6.07) is 11.0. The van der Waals surface area contributed by atoms with Crippen molar-refractivity contribution >= 4 is 29.3 Å². The predicted molar refractivity (Wildman–Crippen MR) is 110 cm³/mol. The minimum atomic E-state index is -0.0642. The number of benzene rings is 2. The maximum Gasteiger partial charge on any atom is 0.246 e. The van der Waals surface area contributed by atoms with E-state index >= 15 is 0 Å². The van der Waals surface area contributed by atoms with Gasteiger partial charge in [-0.05, 0) is 42.0 Å². The number of aromatic hydroxyl groups is 1. The maximum absolute atomic E-state index is 12.5. The number of hydrogen-bond acceptors (Lipinski definition) is 5. The van der Waals surface area contributed by atoms with Gasteiger partial charge in [0.2, 0.25) is 11.7 Å². The third kappa shape index (κ3) is 4.51. The van der Waals surface area contributed by atoms with Crippen LogP contribution >= 0.6 is 11.6 Å². The van der Waals surface area contributed by atoms with Gasteiger partial charge in [0.25, 0.3) is 0 Å². The molecule has 28 heavy (non-hydrogen) atoms. The number of phenols is 1. The van der Waals surface area contributed by atoms with E-state index in [0.29, 0.717) is 35.2 Å². The molecule has 1 saturated heterocycles. The van der Waals surface area contributed by atoms with Crippen LogP contribution in [0.5, 0.6) is 17.2 Å². The molecule has 0 bridgehead atoms. The van der Waals surface area contributed by atoms with Crippen molar-refractivity contribution in [1.82, 2.24) is 4.90 Å². The Balaban J connectivity index is 1.63. The van der Waals surface area contributed by atoms with Crippen LogP contribution in [-0.4, -0.2) is 56.3 Å². The van der Waals surface area contributed by atoms with Gasteiger partial charge in [-0.25, -0.2) is 0 Å². The van der Waals surface area contributed by atoms with Crippen LogP contribution < -0.4 is 14.4 Å². The van der Waals surface area contributed by atoms with Gasteiger partial charge < -0.3 is 24.4 Å². The van der Waals surface area contributed by atoms with Crippen molar-refractivity contribution in [2.24, 2.45) is 0 Å². The summed E-state index contributed by atoms with van der Waals surface area (Å²) in [5.41, 5.74) is 1.77. The molecule has 0 saturated carbocycles. The van der Waals surface area contributed by atoms with Crippen molar-refractivity contribution in [1.29, 1.82) is 0 Å². The Morgan fingerprint density at radius 1 is 1.07 bits per heavy atom. The molecule has 1 aliphatic rings. The van der Waals surface area contributed by atoms with Crippen molar-refractivity contribution < 1.29 is 19.4 Å². The number of ether oxygens (including phenoxy) is 2. The Hall–Kier alpha value is -2.86. The summed E-state index contributed by atoms with van der Waals surface area (Å²) in [6.07, 6.45) is 3.22. The Morgan fingerprint density at radius 2 is 1.71 bits per heavy atom. The molecule has 1 fully saturated rings. The molecule has 0 atom stereocenters. The van der Waals surface area contributed by atoms with Crippen molar-refractivity contribution in [3.8, 4) is 17.2 Å². The Morgan fingerprint density at radius 3 is 2.29 bits per heavy atom. The fraction of sp³-hybridized carbons (Fsp3) is 0.286. The summed E-state index contributed by atoms with van der Waals surface area (Å²) >= 11 is 6.06. The highest BCUT2D eigenvalue weighted by Gasteiger charge is 2.20. The first-order valence-electron chi connectivity index (χ1n) is 8.94. The number of carbonyl (C=O) groups is 1. The number of carbonyl (C=O) groups excluding carboxylic acids is 1. The zero-order valence-corrected chi connectivity index (χ0v) is 16.6. The molecule has 0 aliphatic carbocycles. The largest absolute Gasteiger partial charge is 0.502 e. The smallest absolute Gasteiger partial charge is 0.246 e. The van der Waals surface area contributed by atoms with Gasteiger partial charge in [-0.3, -0.25) is 4.79 Å². The number of anilines is 1. The lowest BCUT2D eigenvalue weighted by molar-refractivity contribution is -0.126. The molecule has 2 aromatic rings. The van der Waals surface area contributed by atoms with Gasteiger partial charge in [0, 0.05) is 43.0 Å². The van der Waals surface area contributed by atoms with Gasteiger partial charge in [0.05, 0.1) is 14.2 Å². The quantitative estimate of drug-likeness (QED) is 0.776. The second-order valence-corrected chi connectivity index (χ2v) is 6.84. The van der Waals surface area contributed by atoms with Gasteiger partial charge in [-0.15, -0.1) is 0 Å². The van der Waals surface area contributed by atoms with E-state index in [4.69, 9.17) is 21.1 Å². The van der Waals surface area contributed by atoms with E-state index in [2.05, 4.69) is 4.90 Å². The summed E-state index contributed by atoms with van der Waals surface area (Å²) in [7, 11) is 2.93. The van der Waals surface area contributed by atoms with E-state index in [1.807, 2.05) is 29.2 Å². The molecule has 0 spiro atoms. The molecule has 0 radical (unpaired) electrons. The zero-order chi connectivity index (χ0) is 20.1. The van der Waals surface area contributed by atoms with Crippen LogP contribution in [0, 0.1) is 0 Å². The van der Waals surface area contributed by atoms with Crippen LogP contribution in [0.3, 0.4) is 0 Å². The van der Waals surface area contributed by atoms with Crippen molar-refractivity contribution in [2.75, 3.05) is 45.3 Å². The molecule has 1 N–H and O–H groups in total. The molecular formula is C21H23ClN2O4. The Bertz CT molecular complexity index is 851. The van der Waals surface area contributed by atoms with Crippen LogP contribution in [0.25, 0.3) is 6.08 Å². The normalized spacial score (nSPS) is 14.4. The van der Waals surface area contributed by atoms with E-state index in [1.54, 1.807) is 18.2 Å². The molecule has 3 rings (SSSR count). The van der Waals surface area contributed by atoms with E-state index in [1.165, 1.54) is 20.3 Å². The summed E-state index contributed by atoms with van der Waals surface area (Å²) in [5, 5.41) is 10.7. The maximum atomic E-state index is 12.5. The zero-order valence-electron chi connectivity index (χ0n) is 15.9. The van der Waals surface area contributed by atoms with E-state index in [-0.39, 0.29) is 11.7 Å². The van der Waals surface area contributed by atoms with Crippen LogP contribution in [0.4, 0.5) is 5.69 Å². The first-order chi connectivity index (χ1) is 13.5. The van der Waals surface area contributed by atoms with Gasteiger partial charge in [-0.2, -0.15) is 0 Å². The number of amides is 1. The molecule has 1 amide bonds. The molecule has 6 nitrogen and oxygen atoms in total. The lowest BCUT2D eigenvalue weighted by Gasteiger charge is -2.35. The van der Waals surface area contributed by atoms with Crippen LogP contribution in [0.15, 0.2) is 42.5 Å². The molecule has 0 unspecified atom stereocenters. The number of methoxy groups -OCH3 is 2. The highest BCUT2D eigenvalue weighted by atomic mass is 35.5. The minimum Gasteiger partial charge on any atom is -0.502 e. The second kappa shape index (κ2) is 8.89. The molecule has 1 heterocycles. The average Bonchev–Trinajstić information content (AvgIpc) is 2.72. The van der Waals surface area contributed by atoms with Crippen molar-refractivity contribution in [3.05, 3.63) is 53.1 Å². The van der Waals surface area contributed by atoms with Gasteiger partial charge >= 0.3 is 0 Å². The van der Waals surface area contributed by atoms with E-state index in [0.717, 1.165) is 18.8 Å². The summed E-state index contributed by atoms with van der Waals surface area (Å²) in [5.74, 6) is 0.463. The third-order valence-corrected chi connectivity index (χ3v) is 4.92. The number of hydrogen-bond donors (Lipinski definition) is 1. The van der Waals surface area contributed by atoms with Gasteiger partial charge in [-0.1, -0.05) is 17.7 Å². The van der Waals surface area contributed by atoms with Crippen molar-refractivity contribution in [2.45, 2.75) is 0 Å². The molecule has 0 aromatic heterocycles. The SMILES string of the molecule is COc1cc(/C=C/C(=O)N2CCN(c3cccc(Cl)c3)CC2)cc(OC)c1O. The van der Waals surface area contributed by atoms with E-state index in [9.17, 15) is 9.90 Å². The minimum absolute atomic E-state index is 0.0586. The molecule has 148 valence electrons. The number of phenolic OH excluding ortho intramolecular Hbond substituents is 1. The van der Waals surface area contributed by atoms with Crippen LogP contribution in [0.1, 0.15) is 5.56 Å². The highest BCUT2D eigenvalue weighted by Crippen LogP contribution is 2.37. The fourth-order valence-corrected chi connectivity index (χ4v) is 3.33. The average molecular weight is 403 g/mol. The number of nitrogens with zero attached hydrogens (tertiary/aromatic N) is 2. The standard InChI is InChI=1S/C21H23ClN2O4/c1-27-18-12-15(13-19(28-2)21(18)26)6-7-20(25)24-10-8-23(9-11-24)17-5-3-4-16(22)14-17/h3-7,12-14,26H,8-11H2,1-2H3/b7-6+. The lowest BCUT2D eigenvalue weighted by Crippen LogP contribution is -2.48. The van der Waals surface area contributed by atoms with E-state index < -0.39 is 0 Å². The van der Waals surface area contributed by atoms with Crippen molar-refractivity contribution in [3.63, 3.8) is 0 Å². The van der Waals surface area contributed by atoms with Gasteiger partial charge in [0.1, 0.15) is 0 Å². The molecule has 7 heteroatoms. The first-order valence-corrected chi connectivity index (χ1v) is 9.32. The predicted octanol–water partition coefficient (Wildman–Crippen LogP) is 3.42. The Kier molecular flexibility index (Phi) is 6.31. The summed E-state index contributed by atoms with van der Waals surface area (Å²) < 4.78 is 10.3. The summed E-state index contributed by atoms with van der Waals surface area (Å²) in [4.78, 5) is 16.6. The number of halogens is 1. The second-order valence-electron chi connectivity index (χ2n) is 6.40. The third-order valence-electron chi connectivity index (χ3n) is 4.69. The fourth-order valence-electron chi connectivity index (χ4n) is 3.14. The topological polar surface area (TPSA) is 62.2 Å². The molecular weight excluding hydrogens is 380 g/mol. The highest BCUT2D eigenvalue weighted by molar-refractivity contribution is 6.30. The summed E-state index contributed by atoms with van der Waals surface area (Å²) in [6.45, 7) is 2.78. The monoisotopic (exact) mass is 402 g/mol. The Labute approximate surface area is 169 Å². The van der Waals surface area contributed by atoms with Crippen LogP contribution in [-0.2, 0) is 4.79 Å². The molecule has 2 aromatic carbocycles. The van der Waals surface area contributed by atoms with Crippen LogP contribution in [0.2, 0.25) is 5.02 Å². The number of piperazine rings is 1. The molecule has 1 aliphatic heterocycles. The first kappa shape index (κ1) is 19.9. The lowest BCUT2D eigenvalue weighted by atomic mass is 10.1.